The number of ketones is 1. The fourth-order valence-corrected chi connectivity index (χ4v) is 3.53. The summed E-state index contributed by atoms with van der Waals surface area (Å²) in [6, 6.07) is 5.51. The number of carbonyl (C=O) groups is 2. The van der Waals surface area contributed by atoms with E-state index in [4.69, 9.17) is 4.74 Å². The number of benzene rings is 1. The Kier molecular flexibility index (Phi) is 9.61. The zero-order chi connectivity index (χ0) is 26.3. The van der Waals surface area contributed by atoms with Crippen LogP contribution in [0.4, 0.5) is 10.3 Å². The van der Waals surface area contributed by atoms with Crippen molar-refractivity contribution in [1.82, 2.24) is 9.97 Å². The zero-order valence-electron chi connectivity index (χ0n) is 20.4. The number of aliphatic hydroxyl groups excluding tert-OH is 1. The van der Waals surface area contributed by atoms with Gasteiger partial charge < -0.3 is 9.84 Å². The van der Waals surface area contributed by atoms with E-state index in [0.717, 1.165) is 10.6 Å². The van der Waals surface area contributed by atoms with Crippen molar-refractivity contribution in [2.24, 2.45) is 0 Å². The molecule has 11 heteroatoms. The highest BCUT2D eigenvalue weighted by molar-refractivity contribution is 7.92. The molecule has 0 fully saturated rings. The van der Waals surface area contributed by atoms with Crippen LogP contribution in [0, 0.1) is 5.82 Å². The van der Waals surface area contributed by atoms with Gasteiger partial charge >= 0.3 is 5.97 Å². The number of hydrogen-bond donors (Lipinski definition) is 1. The van der Waals surface area contributed by atoms with Gasteiger partial charge in [-0.25, -0.2) is 27.1 Å². The molecule has 0 amide bonds. The number of rotatable bonds is 11. The van der Waals surface area contributed by atoms with Gasteiger partial charge in [-0.15, -0.1) is 0 Å². The molecule has 1 aromatic carbocycles. The quantitative estimate of drug-likeness (QED) is 0.363. The van der Waals surface area contributed by atoms with Gasteiger partial charge in [0.05, 0.1) is 30.4 Å². The molecule has 0 aliphatic rings. The molecule has 0 aliphatic heterocycles. The summed E-state index contributed by atoms with van der Waals surface area (Å²) >= 11 is 0. The third-order valence-corrected chi connectivity index (χ3v) is 6.13. The molecule has 0 bridgehead atoms. The predicted molar refractivity (Wildman–Crippen MR) is 131 cm³/mol. The molecule has 0 saturated heterocycles. The normalized spacial score (nSPS) is 12.7. The van der Waals surface area contributed by atoms with Gasteiger partial charge in [0.1, 0.15) is 18.0 Å². The molecule has 1 heterocycles. The fourth-order valence-electron chi connectivity index (χ4n) is 3.15. The van der Waals surface area contributed by atoms with E-state index in [1.807, 2.05) is 13.8 Å². The summed E-state index contributed by atoms with van der Waals surface area (Å²) in [4.78, 5) is 32.4. The number of hydrogen-bond acceptors (Lipinski definition) is 8. The molecular formula is C24H30FN3O6S. The minimum atomic E-state index is -3.66. The molecular weight excluding hydrogens is 477 g/mol. The Bertz CT molecular complexity index is 1200. The number of aliphatic hydroxyl groups is 1. The maximum Gasteiger partial charge on any atom is 0.313 e. The first kappa shape index (κ1) is 28.1. The number of aromatic nitrogens is 2. The van der Waals surface area contributed by atoms with E-state index in [0.29, 0.717) is 22.5 Å². The average molecular weight is 508 g/mol. The van der Waals surface area contributed by atoms with Crippen molar-refractivity contribution in [2.45, 2.75) is 45.6 Å². The van der Waals surface area contributed by atoms with Crippen LogP contribution < -0.4 is 4.31 Å². The van der Waals surface area contributed by atoms with E-state index in [-0.39, 0.29) is 24.9 Å². The van der Waals surface area contributed by atoms with Gasteiger partial charge in [-0.1, -0.05) is 26.0 Å². The van der Waals surface area contributed by atoms with Crippen LogP contribution in [0.2, 0.25) is 0 Å². The second-order valence-corrected chi connectivity index (χ2v) is 10.2. The average Bonchev–Trinajstić information content (AvgIpc) is 2.76. The monoisotopic (exact) mass is 507 g/mol. The summed E-state index contributed by atoms with van der Waals surface area (Å²) in [7, 11) is -2.32. The van der Waals surface area contributed by atoms with Crippen LogP contribution in [-0.4, -0.2) is 61.3 Å². The van der Waals surface area contributed by atoms with Crippen molar-refractivity contribution in [3.8, 4) is 11.3 Å². The van der Waals surface area contributed by atoms with Gasteiger partial charge in [0, 0.05) is 24.6 Å². The van der Waals surface area contributed by atoms with Crippen LogP contribution in [0.25, 0.3) is 17.3 Å². The maximum atomic E-state index is 13.6. The molecule has 0 spiro atoms. The van der Waals surface area contributed by atoms with E-state index in [9.17, 15) is 27.5 Å². The van der Waals surface area contributed by atoms with E-state index in [2.05, 4.69) is 9.97 Å². The molecule has 1 aromatic heterocycles. The number of esters is 1. The number of ether oxygens (including phenoxy) is 1. The first-order chi connectivity index (χ1) is 16.3. The predicted octanol–water partition coefficient (Wildman–Crippen LogP) is 3.09. The number of anilines is 1. The number of halogens is 1. The molecule has 2 aromatic rings. The number of Topliss-reactive ketones (excluding diaryl/α,β-unsaturated/α-hetero) is 1. The minimum Gasteiger partial charge on any atom is -0.466 e. The smallest absolute Gasteiger partial charge is 0.313 e. The van der Waals surface area contributed by atoms with Crippen molar-refractivity contribution in [3.63, 3.8) is 0 Å². The molecule has 35 heavy (non-hydrogen) atoms. The molecule has 1 atom stereocenters. The van der Waals surface area contributed by atoms with Crippen LogP contribution in [0.15, 0.2) is 30.3 Å². The maximum absolute atomic E-state index is 13.6. The summed E-state index contributed by atoms with van der Waals surface area (Å²) in [5.74, 6) is -1.82. The lowest BCUT2D eigenvalue weighted by atomic mass is 9.97. The lowest BCUT2D eigenvalue weighted by molar-refractivity contribution is -0.145. The van der Waals surface area contributed by atoms with Crippen molar-refractivity contribution in [1.29, 1.82) is 0 Å². The highest BCUT2D eigenvalue weighted by atomic mass is 32.2. The Balaban J connectivity index is 2.52. The minimum absolute atomic E-state index is 0.0576. The first-order valence-electron chi connectivity index (χ1n) is 11.0. The number of sulfonamides is 1. The van der Waals surface area contributed by atoms with E-state index in [1.54, 1.807) is 13.0 Å². The van der Waals surface area contributed by atoms with Crippen LogP contribution in [0.5, 0.6) is 0 Å². The van der Waals surface area contributed by atoms with Gasteiger partial charge in [-0.05, 0) is 37.1 Å². The van der Waals surface area contributed by atoms with Gasteiger partial charge in [-0.3, -0.25) is 9.59 Å². The van der Waals surface area contributed by atoms with Gasteiger partial charge in [0.15, 0.2) is 0 Å². The molecule has 2 rings (SSSR count). The lowest BCUT2D eigenvalue weighted by Gasteiger charge is -2.20. The Labute approximate surface area is 204 Å². The van der Waals surface area contributed by atoms with Crippen LogP contribution in [0.3, 0.4) is 0 Å². The topological polar surface area (TPSA) is 127 Å². The summed E-state index contributed by atoms with van der Waals surface area (Å²) in [5.41, 5.74) is 1.81. The summed E-state index contributed by atoms with van der Waals surface area (Å²) in [6.45, 7) is 5.50. The summed E-state index contributed by atoms with van der Waals surface area (Å²) < 4.78 is 43.5. The van der Waals surface area contributed by atoms with Gasteiger partial charge in [0.2, 0.25) is 16.0 Å². The third kappa shape index (κ3) is 7.93. The molecule has 1 N–H and O–H groups in total. The molecule has 1 unspecified atom stereocenters. The Morgan fingerprint density at radius 2 is 1.83 bits per heavy atom. The fraction of sp³-hybridized carbons (Fsp3) is 0.417. The van der Waals surface area contributed by atoms with Crippen molar-refractivity contribution < 1.29 is 32.2 Å². The molecule has 9 nitrogen and oxygen atoms in total. The largest absolute Gasteiger partial charge is 0.466 e. The van der Waals surface area contributed by atoms with E-state index < -0.39 is 40.1 Å². The van der Waals surface area contributed by atoms with Crippen molar-refractivity contribution >= 4 is 33.8 Å². The lowest BCUT2D eigenvalue weighted by Crippen LogP contribution is -2.27. The van der Waals surface area contributed by atoms with Crippen LogP contribution in [-0.2, 0) is 24.3 Å². The standard InChI is InChI=1S/C24H30FN3O6S/c1-6-34-21(31)14-19(30)13-18(29)11-12-20-22(15(2)3)26-24(28(4)35(5,32)33)27-23(20)16-7-9-17(25)10-8-16/h7-12,15,18,29H,6,13-14H2,1-5H3. The Hall–Kier alpha value is -3.18. The Morgan fingerprint density at radius 3 is 2.37 bits per heavy atom. The summed E-state index contributed by atoms with van der Waals surface area (Å²) in [6.07, 6.45) is 2.01. The molecule has 190 valence electrons. The number of nitrogens with zero attached hydrogens (tertiary/aromatic N) is 3. The summed E-state index contributed by atoms with van der Waals surface area (Å²) in [5, 5.41) is 10.4. The highest BCUT2D eigenvalue weighted by Crippen LogP contribution is 2.31. The second-order valence-electron chi connectivity index (χ2n) is 8.21. The second kappa shape index (κ2) is 12.0. The van der Waals surface area contributed by atoms with E-state index >= 15 is 0 Å². The van der Waals surface area contributed by atoms with E-state index in [1.165, 1.54) is 37.4 Å². The first-order valence-corrected chi connectivity index (χ1v) is 12.8. The highest BCUT2D eigenvalue weighted by Gasteiger charge is 2.22. The van der Waals surface area contributed by atoms with Crippen molar-refractivity contribution in [3.05, 3.63) is 47.4 Å². The SMILES string of the molecule is CCOC(=O)CC(=O)CC(O)C=Cc1c(-c2ccc(F)cc2)nc(N(C)S(C)(=O)=O)nc1C(C)C. The van der Waals surface area contributed by atoms with Crippen molar-refractivity contribution in [2.75, 3.05) is 24.2 Å². The Morgan fingerprint density at radius 1 is 1.20 bits per heavy atom. The third-order valence-electron chi connectivity index (χ3n) is 4.98. The number of carbonyl (C=O) groups excluding carboxylic acids is 2. The van der Waals surface area contributed by atoms with Gasteiger partial charge in [0.25, 0.3) is 0 Å². The molecule has 0 saturated carbocycles. The molecule has 0 radical (unpaired) electrons. The van der Waals surface area contributed by atoms with Crippen LogP contribution >= 0.6 is 0 Å². The van der Waals surface area contributed by atoms with Crippen LogP contribution in [0.1, 0.15) is 50.8 Å². The zero-order valence-corrected chi connectivity index (χ0v) is 21.2. The molecule has 0 aliphatic carbocycles. The van der Waals surface area contributed by atoms with Gasteiger partial charge in [-0.2, -0.15) is 0 Å².